The van der Waals surface area contributed by atoms with Gasteiger partial charge in [-0.1, -0.05) is 74.0 Å². The van der Waals surface area contributed by atoms with Crippen molar-refractivity contribution >= 4 is 5.78 Å². The molecule has 0 saturated carbocycles. The number of ketones is 1. The summed E-state index contributed by atoms with van der Waals surface area (Å²) in [5, 5.41) is 0. The Morgan fingerprint density at radius 2 is 1.57 bits per heavy atom. The summed E-state index contributed by atoms with van der Waals surface area (Å²) < 4.78 is 0. The van der Waals surface area contributed by atoms with E-state index in [-0.39, 0.29) is 5.78 Å². The molecule has 2 aromatic carbocycles. The fourth-order valence-corrected chi connectivity index (χ4v) is 2.36. The Morgan fingerprint density at radius 3 is 2.19 bits per heavy atom. The number of rotatable bonds is 8. The highest BCUT2D eigenvalue weighted by molar-refractivity contribution is 5.97. The highest BCUT2D eigenvalue weighted by Gasteiger charge is 2.12. The van der Waals surface area contributed by atoms with Crippen LogP contribution in [0.1, 0.15) is 35.7 Å². The van der Waals surface area contributed by atoms with E-state index in [1.807, 2.05) is 48.5 Å². The molecule has 0 radical (unpaired) electrons. The number of unbranched alkanes of at least 4 members (excludes halogenated alkanes) is 1. The summed E-state index contributed by atoms with van der Waals surface area (Å²) in [5.74, 6) is 0.197. The van der Waals surface area contributed by atoms with Crippen LogP contribution in [0.4, 0.5) is 0 Å². The number of carbonyl (C=O) groups excluding carboxylic acids is 1. The lowest BCUT2D eigenvalue weighted by atomic mass is 10.1. The topological polar surface area (TPSA) is 20.3 Å². The van der Waals surface area contributed by atoms with Crippen LogP contribution in [0.25, 0.3) is 0 Å². The van der Waals surface area contributed by atoms with Gasteiger partial charge in [-0.25, -0.2) is 0 Å². The molecule has 2 heteroatoms. The highest BCUT2D eigenvalue weighted by atomic mass is 16.1. The van der Waals surface area contributed by atoms with Crippen molar-refractivity contribution in [1.82, 2.24) is 4.90 Å². The van der Waals surface area contributed by atoms with Gasteiger partial charge in [0.15, 0.2) is 5.78 Å². The normalized spacial score (nSPS) is 10.8. The highest BCUT2D eigenvalue weighted by Crippen LogP contribution is 2.08. The second kappa shape index (κ2) is 8.38. The third kappa shape index (κ3) is 5.16. The van der Waals surface area contributed by atoms with Crippen molar-refractivity contribution in [2.45, 2.75) is 26.3 Å². The van der Waals surface area contributed by atoms with Crippen molar-refractivity contribution in [3.8, 4) is 0 Å². The second-order valence-corrected chi connectivity index (χ2v) is 5.34. The molecular formula is C19H23NO. The van der Waals surface area contributed by atoms with E-state index in [1.54, 1.807) is 0 Å². The lowest BCUT2D eigenvalue weighted by Crippen LogP contribution is -2.30. The van der Waals surface area contributed by atoms with Gasteiger partial charge < -0.3 is 0 Å². The average molecular weight is 281 g/mol. The van der Waals surface area contributed by atoms with Gasteiger partial charge in [0, 0.05) is 12.1 Å². The maximum absolute atomic E-state index is 12.4. The lowest BCUT2D eigenvalue weighted by molar-refractivity contribution is 0.0924. The van der Waals surface area contributed by atoms with E-state index >= 15 is 0 Å². The molecule has 0 aliphatic rings. The van der Waals surface area contributed by atoms with Gasteiger partial charge in [-0.2, -0.15) is 0 Å². The van der Waals surface area contributed by atoms with Gasteiger partial charge in [0.1, 0.15) is 0 Å². The molecule has 0 aromatic heterocycles. The first-order valence-electron chi connectivity index (χ1n) is 7.64. The van der Waals surface area contributed by atoms with E-state index in [0.29, 0.717) is 6.54 Å². The fourth-order valence-electron chi connectivity index (χ4n) is 2.36. The minimum absolute atomic E-state index is 0.197. The molecular weight excluding hydrogens is 258 g/mol. The van der Waals surface area contributed by atoms with Crippen LogP contribution >= 0.6 is 0 Å². The van der Waals surface area contributed by atoms with Crippen molar-refractivity contribution < 1.29 is 4.79 Å². The number of nitrogens with zero attached hydrogens (tertiary/aromatic N) is 1. The zero-order valence-electron chi connectivity index (χ0n) is 12.7. The van der Waals surface area contributed by atoms with E-state index in [4.69, 9.17) is 0 Å². The van der Waals surface area contributed by atoms with Crippen LogP contribution in [0, 0.1) is 0 Å². The molecule has 2 rings (SSSR count). The molecule has 0 bridgehead atoms. The molecule has 0 amide bonds. The molecule has 21 heavy (non-hydrogen) atoms. The molecule has 0 heterocycles. The van der Waals surface area contributed by atoms with Crippen molar-refractivity contribution in [3.05, 3.63) is 71.8 Å². The second-order valence-electron chi connectivity index (χ2n) is 5.34. The van der Waals surface area contributed by atoms with E-state index in [0.717, 1.165) is 31.5 Å². The molecule has 0 fully saturated rings. The summed E-state index contributed by atoms with van der Waals surface area (Å²) in [4.78, 5) is 14.6. The predicted octanol–water partition coefficient (Wildman–Crippen LogP) is 4.17. The third-order valence-corrected chi connectivity index (χ3v) is 3.54. The molecule has 0 spiro atoms. The number of hydrogen-bond acceptors (Lipinski definition) is 2. The van der Waals surface area contributed by atoms with E-state index in [9.17, 15) is 4.79 Å². The molecule has 2 aromatic rings. The van der Waals surface area contributed by atoms with Crippen LogP contribution < -0.4 is 0 Å². The van der Waals surface area contributed by atoms with Crippen LogP contribution in [0.5, 0.6) is 0 Å². The Kier molecular flexibility index (Phi) is 6.17. The summed E-state index contributed by atoms with van der Waals surface area (Å²) >= 11 is 0. The first-order valence-corrected chi connectivity index (χ1v) is 7.64. The minimum Gasteiger partial charge on any atom is -0.293 e. The first kappa shape index (κ1) is 15.5. The Bertz CT molecular complexity index is 536. The summed E-state index contributed by atoms with van der Waals surface area (Å²) in [6, 6.07) is 19.9. The van der Waals surface area contributed by atoms with Gasteiger partial charge in [-0.15, -0.1) is 0 Å². The van der Waals surface area contributed by atoms with Crippen LogP contribution in [-0.2, 0) is 6.54 Å². The van der Waals surface area contributed by atoms with E-state index in [2.05, 4.69) is 24.0 Å². The van der Waals surface area contributed by atoms with Gasteiger partial charge in [0.25, 0.3) is 0 Å². The summed E-state index contributed by atoms with van der Waals surface area (Å²) in [5.41, 5.74) is 2.06. The molecule has 0 atom stereocenters. The zero-order valence-corrected chi connectivity index (χ0v) is 12.7. The van der Waals surface area contributed by atoms with E-state index in [1.165, 1.54) is 5.56 Å². The maximum atomic E-state index is 12.4. The number of benzene rings is 2. The van der Waals surface area contributed by atoms with Crippen LogP contribution in [-0.4, -0.2) is 23.8 Å². The zero-order chi connectivity index (χ0) is 14.9. The number of hydrogen-bond donors (Lipinski definition) is 0. The largest absolute Gasteiger partial charge is 0.293 e. The standard InChI is InChI=1S/C19H23NO/c1-2-3-14-20(15-17-10-6-4-7-11-17)16-19(21)18-12-8-5-9-13-18/h4-13H,2-3,14-16H2,1H3. The number of carbonyl (C=O) groups is 1. The monoisotopic (exact) mass is 281 g/mol. The van der Waals surface area contributed by atoms with Crippen molar-refractivity contribution in [2.75, 3.05) is 13.1 Å². The van der Waals surface area contributed by atoms with Crippen molar-refractivity contribution in [2.24, 2.45) is 0 Å². The molecule has 110 valence electrons. The van der Waals surface area contributed by atoms with Crippen molar-refractivity contribution in [3.63, 3.8) is 0 Å². The average Bonchev–Trinajstić information content (AvgIpc) is 2.54. The van der Waals surface area contributed by atoms with E-state index < -0.39 is 0 Å². The molecule has 0 saturated heterocycles. The SMILES string of the molecule is CCCCN(CC(=O)c1ccccc1)Cc1ccccc1. The Labute approximate surface area is 127 Å². The van der Waals surface area contributed by atoms with Gasteiger partial charge >= 0.3 is 0 Å². The van der Waals surface area contributed by atoms with Gasteiger partial charge in [0.2, 0.25) is 0 Å². The van der Waals surface area contributed by atoms with Gasteiger partial charge in [-0.3, -0.25) is 9.69 Å². The lowest BCUT2D eigenvalue weighted by Gasteiger charge is -2.21. The Hall–Kier alpha value is -1.93. The van der Waals surface area contributed by atoms with Crippen LogP contribution in [0.2, 0.25) is 0 Å². The molecule has 0 aliphatic heterocycles. The maximum Gasteiger partial charge on any atom is 0.176 e. The third-order valence-electron chi connectivity index (χ3n) is 3.54. The number of Topliss-reactive ketones (excluding diaryl/α,β-unsaturated/α-hetero) is 1. The molecule has 2 nitrogen and oxygen atoms in total. The Balaban J connectivity index is 2.00. The summed E-state index contributed by atoms with van der Waals surface area (Å²) in [6.45, 7) is 4.46. The van der Waals surface area contributed by atoms with Crippen molar-refractivity contribution in [1.29, 1.82) is 0 Å². The van der Waals surface area contributed by atoms with Crippen LogP contribution in [0.3, 0.4) is 0 Å². The molecule has 0 unspecified atom stereocenters. The Morgan fingerprint density at radius 1 is 0.952 bits per heavy atom. The smallest absolute Gasteiger partial charge is 0.176 e. The fraction of sp³-hybridized carbons (Fsp3) is 0.316. The molecule has 0 aliphatic carbocycles. The predicted molar refractivity (Wildman–Crippen MR) is 87.4 cm³/mol. The van der Waals surface area contributed by atoms with Gasteiger partial charge in [0.05, 0.1) is 6.54 Å². The molecule has 0 N–H and O–H groups in total. The summed E-state index contributed by atoms with van der Waals surface area (Å²) in [6.07, 6.45) is 2.26. The summed E-state index contributed by atoms with van der Waals surface area (Å²) in [7, 11) is 0. The first-order chi connectivity index (χ1) is 10.3. The minimum atomic E-state index is 0.197. The van der Waals surface area contributed by atoms with Gasteiger partial charge in [-0.05, 0) is 18.5 Å². The quantitative estimate of drug-likeness (QED) is 0.677. The van der Waals surface area contributed by atoms with Crippen LogP contribution in [0.15, 0.2) is 60.7 Å².